The zero-order valence-electron chi connectivity index (χ0n) is 13.6. The van der Waals surface area contributed by atoms with Crippen LogP contribution in [0.4, 0.5) is 0 Å². The standard InChI is InChI=1S/C17H20O7/c1-17(2)15(21-3)13(19)14(20)16(24-17)22-10-5-6-11-9(8-10)4-7-12(18)23-11/h4-8,13-16,19-20H,1-3H3. The SMILES string of the molecule is COC1C(O)C(O)C(Oc2ccc3oc(=O)ccc3c2)OC1(C)C. The van der Waals surface area contributed by atoms with E-state index in [2.05, 4.69) is 0 Å². The lowest BCUT2D eigenvalue weighted by Crippen LogP contribution is -2.63. The highest BCUT2D eigenvalue weighted by Gasteiger charge is 2.50. The molecule has 4 atom stereocenters. The van der Waals surface area contributed by atoms with E-state index in [0.29, 0.717) is 16.7 Å². The maximum atomic E-state index is 11.2. The molecule has 1 aromatic carbocycles. The molecule has 0 spiro atoms. The zero-order valence-corrected chi connectivity index (χ0v) is 13.6. The van der Waals surface area contributed by atoms with Gasteiger partial charge in [0.05, 0.1) is 5.60 Å². The van der Waals surface area contributed by atoms with Crippen molar-refractivity contribution in [3.8, 4) is 5.75 Å². The third-order valence-corrected chi connectivity index (χ3v) is 4.14. The lowest BCUT2D eigenvalue weighted by Gasteiger charge is -2.46. The van der Waals surface area contributed by atoms with Gasteiger partial charge in [0.1, 0.15) is 29.6 Å². The van der Waals surface area contributed by atoms with Crippen molar-refractivity contribution >= 4 is 11.0 Å². The lowest BCUT2D eigenvalue weighted by molar-refractivity contribution is -0.305. The second-order valence-electron chi connectivity index (χ2n) is 6.30. The molecular weight excluding hydrogens is 316 g/mol. The third kappa shape index (κ3) is 3.03. The number of ether oxygens (including phenoxy) is 3. The molecule has 4 unspecified atom stereocenters. The van der Waals surface area contributed by atoms with Crippen molar-refractivity contribution in [3.05, 3.63) is 40.8 Å². The number of aliphatic hydroxyl groups is 2. The first-order chi connectivity index (χ1) is 11.3. The summed E-state index contributed by atoms with van der Waals surface area (Å²) in [4.78, 5) is 11.2. The van der Waals surface area contributed by atoms with Gasteiger partial charge in [0.2, 0.25) is 6.29 Å². The molecule has 2 heterocycles. The molecule has 1 aliphatic rings. The first-order valence-corrected chi connectivity index (χ1v) is 7.59. The minimum atomic E-state index is -1.27. The fourth-order valence-electron chi connectivity index (χ4n) is 2.96. The summed E-state index contributed by atoms with van der Waals surface area (Å²) in [5.74, 6) is 0.416. The van der Waals surface area contributed by atoms with E-state index in [-0.39, 0.29) is 0 Å². The Balaban J connectivity index is 1.85. The summed E-state index contributed by atoms with van der Waals surface area (Å²) in [6.07, 6.45) is -4.16. The van der Waals surface area contributed by atoms with Crippen molar-refractivity contribution in [2.45, 2.75) is 44.1 Å². The van der Waals surface area contributed by atoms with E-state index in [1.807, 2.05) is 0 Å². The van der Waals surface area contributed by atoms with Crippen LogP contribution in [0, 0.1) is 0 Å². The van der Waals surface area contributed by atoms with Gasteiger partial charge in [-0.15, -0.1) is 0 Å². The minimum absolute atomic E-state index is 0.416. The Hall–Kier alpha value is -1.93. The van der Waals surface area contributed by atoms with Crippen LogP contribution in [0.25, 0.3) is 11.0 Å². The molecule has 24 heavy (non-hydrogen) atoms. The van der Waals surface area contributed by atoms with Crippen molar-refractivity contribution in [1.29, 1.82) is 0 Å². The summed E-state index contributed by atoms with van der Waals surface area (Å²) >= 11 is 0. The highest BCUT2D eigenvalue weighted by atomic mass is 16.7. The Kier molecular flexibility index (Phi) is 4.35. The topological polar surface area (TPSA) is 98.4 Å². The summed E-state index contributed by atoms with van der Waals surface area (Å²) in [5, 5.41) is 21.2. The Morgan fingerprint density at radius 2 is 1.88 bits per heavy atom. The molecule has 2 aromatic rings. The predicted molar refractivity (Wildman–Crippen MR) is 84.9 cm³/mol. The highest BCUT2D eigenvalue weighted by Crippen LogP contribution is 2.33. The van der Waals surface area contributed by atoms with Crippen molar-refractivity contribution in [3.63, 3.8) is 0 Å². The molecular formula is C17H20O7. The number of benzene rings is 1. The Morgan fingerprint density at radius 3 is 2.58 bits per heavy atom. The summed E-state index contributed by atoms with van der Waals surface area (Å²) in [6.45, 7) is 3.50. The molecule has 7 heteroatoms. The third-order valence-electron chi connectivity index (χ3n) is 4.14. The van der Waals surface area contributed by atoms with E-state index in [1.165, 1.54) is 13.2 Å². The van der Waals surface area contributed by atoms with Gasteiger partial charge in [0.25, 0.3) is 0 Å². The molecule has 2 N–H and O–H groups in total. The molecule has 130 valence electrons. The molecule has 1 aliphatic heterocycles. The van der Waals surface area contributed by atoms with Crippen molar-refractivity contribution < 1.29 is 28.8 Å². The Morgan fingerprint density at radius 1 is 1.12 bits per heavy atom. The van der Waals surface area contributed by atoms with E-state index in [4.69, 9.17) is 18.6 Å². The van der Waals surface area contributed by atoms with Crippen LogP contribution >= 0.6 is 0 Å². The monoisotopic (exact) mass is 336 g/mol. The van der Waals surface area contributed by atoms with Gasteiger partial charge in [-0.05, 0) is 38.1 Å². The first-order valence-electron chi connectivity index (χ1n) is 7.59. The number of hydrogen-bond donors (Lipinski definition) is 2. The molecule has 0 bridgehead atoms. The maximum absolute atomic E-state index is 11.2. The van der Waals surface area contributed by atoms with Crippen LogP contribution in [0.5, 0.6) is 5.75 Å². The molecule has 1 aromatic heterocycles. The molecule has 0 amide bonds. The number of fused-ring (bicyclic) bond motifs is 1. The van der Waals surface area contributed by atoms with Crippen LogP contribution in [-0.4, -0.2) is 47.5 Å². The van der Waals surface area contributed by atoms with Gasteiger partial charge in [0, 0.05) is 18.6 Å². The summed E-state index contributed by atoms with van der Waals surface area (Å²) in [5.41, 5.74) is -0.848. The maximum Gasteiger partial charge on any atom is 0.336 e. The van der Waals surface area contributed by atoms with Gasteiger partial charge >= 0.3 is 5.63 Å². The average molecular weight is 336 g/mol. The number of aliphatic hydroxyl groups excluding tert-OH is 2. The van der Waals surface area contributed by atoms with Crippen LogP contribution in [0.1, 0.15) is 13.8 Å². The van der Waals surface area contributed by atoms with Crippen LogP contribution in [0.2, 0.25) is 0 Å². The van der Waals surface area contributed by atoms with Crippen LogP contribution in [-0.2, 0) is 9.47 Å². The second-order valence-corrected chi connectivity index (χ2v) is 6.30. The predicted octanol–water partition coefficient (Wildman–Crippen LogP) is 1.04. The average Bonchev–Trinajstić information content (AvgIpc) is 2.52. The number of methoxy groups -OCH3 is 1. The first kappa shape index (κ1) is 16.9. The summed E-state index contributed by atoms with van der Waals surface area (Å²) in [7, 11) is 1.45. The largest absolute Gasteiger partial charge is 0.462 e. The highest BCUT2D eigenvalue weighted by molar-refractivity contribution is 5.77. The molecule has 0 radical (unpaired) electrons. The van der Waals surface area contributed by atoms with Crippen molar-refractivity contribution in [2.75, 3.05) is 7.11 Å². The smallest absolute Gasteiger partial charge is 0.336 e. The van der Waals surface area contributed by atoms with Crippen molar-refractivity contribution in [1.82, 2.24) is 0 Å². The van der Waals surface area contributed by atoms with Gasteiger partial charge in [-0.3, -0.25) is 0 Å². The van der Waals surface area contributed by atoms with E-state index < -0.39 is 35.8 Å². The minimum Gasteiger partial charge on any atom is -0.462 e. The molecule has 7 nitrogen and oxygen atoms in total. The van der Waals surface area contributed by atoms with Crippen LogP contribution in [0.15, 0.2) is 39.5 Å². The number of hydrogen-bond acceptors (Lipinski definition) is 7. The van der Waals surface area contributed by atoms with Crippen LogP contribution in [0.3, 0.4) is 0 Å². The fourth-order valence-corrected chi connectivity index (χ4v) is 2.96. The van der Waals surface area contributed by atoms with Gasteiger partial charge < -0.3 is 28.8 Å². The van der Waals surface area contributed by atoms with E-state index >= 15 is 0 Å². The van der Waals surface area contributed by atoms with Gasteiger partial charge in [-0.1, -0.05) is 0 Å². The molecule has 1 saturated heterocycles. The summed E-state index contributed by atoms with van der Waals surface area (Å²) in [6, 6.07) is 7.79. The fraction of sp³-hybridized carbons (Fsp3) is 0.471. The number of rotatable bonds is 3. The van der Waals surface area contributed by atoms with E-state index in [9.17, 15) is 15.0 Å². The molecule has 0 aliphatic carbocycles. The van der Waals surface area contributed by atoms with Gasteiger partial charge in [-0.2, -0.15) is 0 Å². The van der Waals surface area contributed by atoms with E-state index in [1.54, 1.807) is 38.1 Å². The van der Waals surface area contributed by atoms with Gasteiger partial charge in [-0.25, -0.2) is 4.79 Å². The van der Waals surface area contributed by atoms with Gasteiger partial charge in [0.15, 0.2) is 0 Å². The van der Waals surface area contributed by atoms with Crippen molar-refractivity contribution in [2.24, 2.45) is 0 Å². The molecule has 3 rings (SSSR count). The molecule has 0 saturated carbocycles. The Bertz CT molecular complexity index is 782. The summed E-state index contributed by atoms with van der Waals surface area (Å²) < 4.78 is 21.7. The van der Waals surface area contributed by atoms with E-state index in [0.717, 1.165) is 0 Å². The normalized spacial score (nSPS) is 29.5. The second kappa shape index (κ2) is 6.18. The Labute approximate surface area is 138 Å². The molecule has 1 fully saturated rings. The quantitative estimate of drug-likeness (QED) is 0.808. The van der Waals surface area contributed by atoms with Crippen LogP contribution < -0.4 is 10.4 Å². The zero-order chi connectivity index (χ0) is 17.5. The lowest BCUT2D eigenvalue weighted by atomic mass is 9.89.